The van der Waals surface area contributed by atoms with Crippen molar-refractivity contribution >= 4 is 5.91 Å². The van der Waals surface area contributed by atoms with E-state index in [1.165, 1.54) is 0 Å². The van der Waals surface area contributed by atoms with Crippen LogP contribution in [0.15, 0.2) is 4.79 Å². The Kier molecular flexibility index (Phi) is 4.04. The highest BCUT2D eigenvalue weighted by Gasteiger charge is 2.42. The summed E-state index contributed by atoms with van der Waals surface area (Å²) in [6.45, 7) is 9.75. The van der Waals surface area contributed by atoms with E-state index in [-0.39, 0.29) is 16.9 Å². The first-order chi connectivity index (χ1) is 10.9. The Morgan fingerprint density at radius 3 is 2.78 bits per heavy atom. The van der Waals surface area contributed by atoms with Crippen molar-refractivity contribution in [2.45, 2.75) is 46.7 Å². The molecule has 1 fully saturated rings. The van der Waals surface area contributed by atoms with E-state index in [4.69, 9.17) is 0 Å². The SMILES string of the molecule is CCN1CCCC(C)(C(=O)N2Cc3nc(C)n(C)c(=O)c3C2)C1. The molecule has 23 heavy (non-hydrogen) atoms. The van der Waals surface area contributed by atoms with E-state index in [0.717, 1.165) is 38.2 Å². The molecule has 6 nitrogen and oxygen atoms in total. The molecule has 1 aromatic heterocycles. The highest BCUT2D eigenvalue weighted by molar-refractivity contribution is 5.83. The largest absolute Gasteiger partial charge is 0.332 e. The van der Waals surface area contributed by atoms with Crippen LogP contribution in [0.5, 0.6) is 0 Å². The summed E-state index contributed by atoms with van der Waals surface area (Å²) in [5, 5.41) is 0. The van der Waals surface area contributed by atoms with E-state index in [2.05, 4.69) is 23.7 Å². The fraction of sp³-hybridized carbons (Fsp3) is 0.706. The summed E-state index contributed by atoms with van der Waals surface area (Å²) in [5.74, 6) is 0.859. The lowest BCUT2D eigenvalue weighted by Crippen LogP contribution is -2.50. The molecule has 3 heterocycles. The minimum atomic E-state index is -0.351. The molecule has 1 amide bonds. The van der Waals surface area contributed by atoms with Crippen LogP contribution >= 0.6 is 0 Å². The van der Waals surface area contributed by atoms with Gasteiger partial charge in [0, 0.05) is 13.6 Å². The van der Waals surface area contributed by atoms with E-state index in [9.17, 15) is 9.59 Å². The third kappa shape index (κ3) is 2.69. The lowest BCUT2D eigenvalue weighted by Gasteiger charge is -2.40. The highest BCUT2D eigenvalue weighted by Crippen LogP contribution is 2.34. The number of rotatable bonds is 2. The van der Waals surface area contributed by atoms with Crippen LogP contribution < -0.4 is 5.56 Å². The van der Waals surface area contributed by atoms with Crippen molar-refractivity contribution < 1.29 is 4.79 Å². The summed E-state index contributed by atoms with van der Waals surface area (Å²) in [6, 6.07) is 0. The quantitative estimate of drug-likeness (QED) is 0.818. The maximum Gasteiger partial charge on any atom is 0.258 e. The summed E-state index contributed by atoms with van der Waals surface area (Å²) in [6.07, 6.45) is 1.97. The zero-order valence-corrected chi connectivity index (χ0v) is 14.6. The van der Waals surface area contributed by atoms with Gasteiger partial charge in [-0.1, -0.05) is 6.92 Å². The highest BCUT2D eigenvalue weighted by atomic mass is 16.2. The Labute approximate surface area is 137 Å². The van der Waals surface area contributed by atoms with Crippen molar-refractivity contribution in [2.75, 3.05) is 19.6 Å². The van der Waals surface area contributed by atoms with Gasteiger partial charge in [-0.2, -0.15) is 0 Å². The number of nitrogens with zero attached hydrogens (tertiary/aromatic N) is 4. The van der Waals surface area contributed by atoms with Crippen LogP contribution in [-0.2, 0) is 24.9 Å². The monoisotopic (exact) mass is 318 g/mol. The van der Waals surface area contributed by atoms with Crippen molar-refractivity contribution in [1.29, 1.82) is 0 Å². The van der Waals surface area contributed by atoms with Crippen molar-refractivity contribution in [3.05, 3.63) is 27.4 Å². The number of carbonyl (C=O) groups excluding carboxylic acids is 1. The Balaban J connectivity index is 1.83. The number of amides is 1. The van der Waals surface area contributed by atoms with Gasteiger partial charge < -0.3 is 9.80 Å². The van der Waals surface area contributed by atoms with E-state index >= 15 is 0 Å². The Morgan fingerprint density at radius 2 is 2.09 bits per heavy atom. The minimum Gasteiger partial charge on any atom is -0.332 e. The van der Waals surface area contributed by atoms with E-state index in [1.807, 2.05) is 11.8 Å². The molecule has 3 rings (SSSR count). The fourth-order valence-corrected chi connectivity index (χ4v) is 3.84. The number of piperidine rings is 1. The molecular weight excluding hydrogens is 292 g/mol. The molecule has 2 aliphatic rings. The molecule has 2 aliphatic heterocycles. The maximum absolute atomic E-state index is 13.1. The minimum absolute atomic E-state index is 0.0215. The summed E-state index contributed by atoms with van der Waals surface area (Å²) < 4.78 is 1.56. The number of fused-ring (bicyclic) bond motifs is 1. The van der Waals surface area contributed by atoms with Crippen LogP contribution in [0.25, 0.3) is 0 Å². The van der Waals surface area contributed by atoms with Gasteiger partial charge in [-0.3, -0.25) is 14.2 Å². The molecule has 0 saturated carbocycles. The van der Waals surface area contributed by atoms with Gasteiger partial charge in [-0.25, -0.2) is 4.98 Å². The Morgan fingerprint density at radius 1 is 1.35 bits per heavy atom. The molecule has 6 heteroatoms. The standard InChI is InChI=1S/C17H26N4O2/c1-5-20-8-6-7-17(3,11-20)16(23)21-9-13-14(10-21)18-12(2)19(4)15(13)22/h5-11H2,1-4H3. The van der Waals surface area contributed by atoms with Crippen LogP contribution in [0, 0.1) is 12.3 Å². The second-order valence-corrected chi connectivity index (χ2v) is 7.14. The molecular formula is C17H26N4O2. The van der Waals surface area contributed by atoms with Gasteiger partial charge >= 0.3 is 0 Å². The summed E-state index contributed by atoms with van der Waals surface area (Å²) in [7, 11) is 1.73. The summed E-state index contributed by atoms with van der Waals surface area (Å²) >= 11 is 0. The predicted molar refractivity (Wildman–Crippen MR) is 87.9 cm³/mol. The van der Waals surface area contributed by atoms with Gasteiger partial charge in [0.05, 0.1) is 29.8 Å². The van der Waals surface area contributed by atoms with Crippen molar-refractivity contribution in [1.82, 2.24) is 19.4 Å². The van der Waals surface area contributed by atoms with Crippen molar-refractivity contribution in [3.8, 4) is 0 Å². The molecule has 1 aromatic rings. The first-order valence-corrected chi connectivity index (χ1v) is 8.43. The second kappa shape index (κ2) is 5.74. The molecule has 0 aromatic carbocycles. The number of aryl methyl sites for hydroxylation is 1. The lowest BCUT2D eigenvalue weighted by molar-refractivity contribution is -0.145. The van der Waals surface area contributed by atoms with Gasteiger partial charge in [-0.05, 0) is 39.8 Å². The summed E-state index contributed by atoms with van der Waals surface area (Å²) in [5.41, 5.74) is 1.08. The van der Waals surface area contributed by atoms with Gasteiger partial charge in [0.15, 0.2) is 0 Å². The van der Waals surface area contributed by atoms with Crippen LogP contribution in [0.4, 0.5) is 0 Å². The number of hydrogen-bond acceptors (Lipinski definition) is 4. The number of aromatic nitrogens is 2. The average Bonchev–Trinajstić information content (AvgIpc) is 2.95. The molecule has 1 saturated heterocycles. The zero-order valence-electron chi connectivity index (χ0n) is 14.6. The van der Waals surface area contributed by atoms with Gasteiger partial charge in [0.1, 0.15) is 5.82 Å². The predicted octanol–water partition coefficient (Wildman–Crippen LogP) is 1.05. The van der Waals surface area contributed by atoms with Gasteiger partial charge in [0.2, 0.25) is 5.91 Å². The second-order valence-electron chi connectivity index (χ2n) is 7.14. The molecule has 0 bridgehead atoms. The van der Waals surface area contributed by atoms with Crippen LogP contribution in [0.3, 0.4) is 0 Å². The zero-order chi connectivity index (χ0) is 16.8. The maximum atomic E-state index is 13.1. The molecule has 0 radical (unpaired) electrons. The number of likely N-dealkylation sites (tertiary alicyclic amines) is 1. The normalized spacial score (nSPS) is 24.8. The van der Waals surface area contributed by atoms with Crippen molar-refractivity contribution in [2.24, 2.45) is 12.5 Å². The van der Waals surface area contributed by atoms with Crippen LogP contribution in [-0.4, -0.2) is 44.9 Å². The fourth-order valence-electron chi connectivity index (χ4n) is 3.84. The summed E-state index contributed by atoms with van der Waals surface area (Å²) in [4.78, 5) is 34.1. The van der Waals surface area contributed by atoms with E-state index in [0.29, 0.717) is 24.5 Å². The lowest BCUT2D eigenvalue weighted by atomic mass is 9.80. The van der Waals surface area contributed by atoms with E-state index < -0.39 is 0 Å². The average molecular weight is 318 g/mol. The molecule has 0 aliphatic carbocycles. The molecule has 1 atom stereocenters. The molecule has 1 unspecified atom stereocenters. The van der Waals surface area contributed by atoms with Gasteiger partial charge in [0.25, 0.3) is 5.56 Å². The van der Waals surface area contributed by atoms with Gasteiger partial charge in [-0.15, -0.1) is 0 Å². The van der Waals surface area contributed by atoms with Crippen molar-refractivity contribution in [3.63, 3.8) is 0 Å². The smallest absolute Gasteiger partial charge is 0.258 e. The Bertz CT molecular complexity index is 697. The topological polar surface area (TPSA) is 58.4 Å². The first-order valence-electron chi connectivity index (χ1n) is 8.43. The third-order valence-electron chi connectivity index (χ3n) is 5.41. The Hall–Kier alpha value is -1.69. The molecule has 0 N–H and O–H groups in total. The first kappa shape index (κ1) is 16.2. The van der Waals surface area contributed by atoms with Crippen LogP contribution in [0.2, 0.25) is 0 Å². The molecule has 126 valence electrons. The molecule has 0 spiro atoms. The van der Waals surface area contributed by atoms with E-state index in [1.54, 1.807) is 11.6 Å². The number of hydrogen-bond donors (Lipinski definition) is 0. The number of carbonyl (C=O) groups is 1. The third-order valence-corrected chi connectivity index (χ3v) is 5.41. The van der Waals surface area contributed by atoms with Crippen LogP contribution in [0.1, 0.15) is 43.8 Å².